The maximum Gasteiger partial charge on any atom is 0.408 e. The quantitative estimate of drug-likeness (QED) is 0.574. The molecule has 7 nitrogen and oxygen atoms in total. The van der Waals surface area contributed by atoms with E-state index in [9.17, 15) is 9.59 Å². The minimum absolute atomic E-state index is 0.0991. The molecule has 0 saturated heterocycles. The molecule has 0 aliphatic heterocycles. The Balaban J connectivity index is 1.51. The molecule has 2 aromatic heterocycles. The molecule has 0 radical (unpaired) electrons. The van der Waals surface area contributed by atoms with Gasteiger partial charge in [-0.3, -0.25) is 9.78 Å². The van der Waals surface area contributed by atoms with Crippen molar-refractivity contribution >= 4 is 23.3 Å². The van der Waals surface area contributed by atoms with Crippen LogP contribution < -0.4 is 10.6 Å². The highest BCUT2D eigenvalue weighted by atomic mass is 32.1. The Morgan fingerprint density at radius 2 is 1.83 bits per heavy atom. The van der Waals surface area contributed by atoms with Crippen LogP contribution in [0.1, 0.15) is 24.4 Å². The lowest BCUT2D eigenvalue weighted by molar-refractivity contribution is -0.124. The van der Waals surface area contributed by atoms with Gasteiger partial charge in [0.15, 0.2) is 0 Å². The number of alkyl carbamates (subject to hydrolysis) is 1. The minimum Gasteiger partial charge on any atom is -0.445 e. The summed E-state index contributed by atoms with van der Waals surface area (Å²) in [6, 6.07) is 12.5. The molecule has 30 heavy (non-hydrogen) atoms. The van der Waals surface area contributed by atoms with Gasteiger partial charge in [0.05, 0.1) is 12.2 Å². The second kappa shape index (κ2) is 10.5. The number of carbonyl (C=O) groups is 2. The number of nitrogens with zero attached hydrogens (tertiary/aromatic N) is 2. The van der Waals surface area contributed by atoms with Crippen LogP contribution in [0.2, 0.25) is 0 Å². The minimum atomic E-state index is -0.701. The summed E-state index contributed by atoms with van der Waals surface area (Å²) in [5.41, 5.74) is 2.70. The fraction of sp³-hybridized carbons (Fsp3) is 0.273. The number of ether oxygens (including phenoxy) is 1. The molecule has 0 fully saturated rings. The first-order chi connectivity index (χ1) is 14.5. The Kier molecular flexibility index (Phi) is 7.51. The maximum atomic E-state index is 12.6. The molecule has 3 rings (SSSR count). The monoisotopic (exact) mass is 424 g/mol. The molecular formula is C22H24N4O3S. The lowest BCUT2D eigenvalue weighted by Crippen LogP contribution is -2.49. The van der Waals surface area contributed by atoms with E-state index in [0.29, 0.717) is 6.54 Å². The highest BCUT2D eigenvalue weighted by Gasteiger charge is 2.25. The molecule has 3 aromatic rings. The number of carbonyl (C=O) groups excluding carboxylic acids is 2. The van der Waals surface area contributed by atoms with Crippen LogP contribution in [0.15, 0.2) is 60.2 Å². The largest absolute Gasteiger partial charge is 0.445 e. The first-order valence-corrected chi connectivity index (χ1v) is 10.5. The van der Waals surface area contributed by atoms with Crippen molar-refractivity contribution in [2.24, 2.45) is 5.92 Å². The lowest BCUT2D eigenvalue weighted by atomic mass is 10.0. The van der Waals surface area contributed by atoms with Gasteiger partial charge in [-0.1, -0.05) is 44.2 Å². The number of amides is 2. The number of nitrogens with one attached hydrogen (secondary N) is 2. The fourth-order valence-electron chi connectivity index (χ4n) is 2.75. The number of pyridine rings is 1. The van der Waals surface area contributed by atoms with E-state index in [0.717, 1.165) is 21.8 Å². The van der Waals surface area contributed by atoms with Gasteiger partial charge in [-0.25, -0.2) is 9.78 Å². The van der Waals surface area contributed by atoms with Gasteiger partial charge in [0.2, 0.25) is 5.91 Å². The van der Waals surface area contributed by atoms with E-state index in [1.54, 1.807) is 12.4 Å². The third-order valence-electron chi connectivity index (χ3n) is 4.38. The van der Waals surface area contributed by atoms with E-state index in [4.69, 9.17) is 4.74 Å². The van der Waals surface area contributed by atoms with Crippen LogP contribution in [0.3, 0.4) is 0 Å². The third kappa shape index (κ3) is 6.12. The number of rotatable bonds is 8. The van der Waals surface area contributed by atoms with Crippen LogP contribution >= 0.6 is 11.3 Å². The number of aromatic nitrogens is 2. The van der Waals surface area contributed by atoms with Gasteiger partial charge in [0.1, 0.15) is 17.7 Å². The first kappa shape index (κ1) is 21.4. The van der Waals surface area contributed by atoms with E-state index < -0.39 is 12.1 Å². The molecule has 0 aliphatic rings. The zero-order valence-electron chi connectivity index (χ0n) is 16.9. The highest BCUT2D eigenvalue weighted by molar-refractivity contribution is 7.09. The zero-order chi connectivity index (χ0) is 21.3. The fourth-order valence-corrected chi connectivity index (χ4v) is 3.49. The van der Waals surface area contributed by atoms with Crippen LogP contribution in [0, 0.1) is 5.92 Å². The molecule has 0 saturated carbocycles. The summed E-state index contributed by atoms with van der Waals surface area (Å²) in [5, 5.41) is 8.23. The van der Waals surface area contributed by atoms with Gasteiger partial charge in [-0.2, -0.15) is 0 Å². The van der Waals surface area contributed by atoms with Crippen LogP contribution in [0.5, 0.6) is 0 Å². The van der Waals surface area contributed by atoms with Crippen LogP contribution in [-0.4, -0.2) is 28.0 Å². The smallest absolute Gasteiger partial charge is 0.408 e. The van der Waals surface area contributed by atoms with Crippen molar-refractivity contribution in [1.82, 2.24) is 20.6 Å². The Morgan fingerprint density at radius 1 is 1.10 bits per heavy atom. The molecule has 1 atom stereocenters. The Morgan fingerprint density at radius 3 is 2.53 bits per heavy atom. The normalized spacial score (nSPS) is 11.7. The summed E-state index contributed by atoms with van der Waals surface area (Å²) < 4.78 is 5.23. The standard InChI is InChI=1S/C22H24N4O3S/c1-15(2)20(26-22(28)29-13-16-6-4-3-5-7-16)21(27)24-12-19-25-18(14-30-19)17-8-10-23-11-9-17/h3-11,14-15,20H,12-13H2,1-2H3,(H,24,27)(H,26,28)/t20-/m0/s1. The molecule has 2 amide bonds. The summed E-state index contributed by atoms with van der Waals surface area (Å²) in [7, 11) is 0. The number of hydrogen-bond donors (Lipinski definition) is 2. The second-order valence-electron chi connectivity index (χ2n) is 7.01. The van der Waals surface area contributed by atoms with Gasteiger partial charge >= 0.3 is 6.09 Å². The predicted octanol–water partition coefficient (Wildman–Crippen LogP) is 3.77. The number of hydrogen-bond acceptors (Lipinski definition) is 6. The van der Waals surface area contributed by atoms with Crippen molar-refractivity contribution < 1.29 is 14.3 Å². The predicted molar refractivity (Wildman–Crippen MR) is 116 cm³/mol. The SMILES string of the molecule is CC(C)[C@H](NC(=O)OCc1ccccc1)C(=O)NCc1nc(-c2ccncc2)cs1. The summed E-state index contributed by atoms with van der Waals surface area (Å²) >= 11 is 1.47. The lowest BCUT2D eigenvalue weighted by Gasteiger charge is -2.21. The van der Waals surface area contributed by atoms with E-state index in [1.807, 2.05) is 61.7 Å². The molecule has 8 heteroatoms. The molecule has 0 spiro atoms. The molecule has 0 bridgehead atoms. The molecule has 156 valence electrons. The van der Waals surface area contributed by atoms with E-state index in [2.05, 4.69) is 20.6 Å². The van der Waals surface area contributed by atoms with Crippen molar-refractivity contribution in [3.05, 3.63) is 70.8 Å². The molecule has 0 aliphatic carbocycles. The van der Waals surface area contributed by atoms with Crippen molar-refractivity contribution in [2.45, 2.75) is 33.0 Å². The maximum absolute atomic E-state index is 12.6. The van der Waals surface area contributed by atoms with Crippen LogP contribution in [0.4, 0.5) is 4.79 Å². The topological polar surface area (TPSA) is 93.2 Å². The van der Waals surface area contributed by atoms with E-state index in [1.165, 1.54) is 11.3 Å². The van der Waals surface area contributed by atoms with Gasteiger partial charge < -0.3 is 15.4 Å². The third-order valence-corrected chi connectivity index (χ3v) is 5.23. The molecule has 1 aromatic carbocycles. The van der Waals surface area contributed by atoms with Crippen molar-refractivity contribution in [3.63, 3.8) is 0 Å². The van der Waals surface area contributed by atoms with E-state index >= 15 is 0 Å². The average molecular weight is 425 g/mol. The molecule has 2 heterocycles. The Bertz CT molecular complexity index is 961. The van der Waals surface area contributed by atoms with E-state index in [-0.39, 0.29) is 18.4 Å². The summed E-state index contributed by atoms with van der Waals surface area (Å²) in [6.07, 6.45) is 2.81. The summed E-state index contributed by atoms with van der Waals surface area (Å²) in [5.74, 6) is -0.375. The van der Waals surface area contributed by atoms with Gasteiger partial charge in [-0.05, 0) is 23.6 Å². The molecule has 2 N–H and O–H groups in total. The van der Waals surface area contributed by atoms with Crippen LogP contribution in [0.25, 0.3) is 11.3 Å². The molecule has 0 unspecified atom stereocenters. The first-order valence-electron chi connectivity index (χ1n) is 9.62. The van der Waals surface area contributed by atoms with Crippen molar-refractivity contribution in [3.8, 4) is 11.3 Å². The van der Waals surface area contributed by atoms with Crippen molar-refractivity contribution in [2.75, 3.05) is 0 Å². The number of benzene rings is 1. The molecular weight excluding hydrogens is 400 g/mol. The van der Waals surface area contributed by atoms with Gasteiger partial charge in [0.25, 0.3) is 0 Å². The van der Waals surface area contributed by atoms with Gasteiger partial charge in [0, 0.05) is 23.3 Å². The van der Waals surface area contributed by atoms with Gasteiger partial charge in [-0.15, -0.1) is 11.3 Å². The highest BCUT2D eigenvalue weighted by Crippen LogP contribution is 2.21. The number of thiazole rings is 1. The zero-order valence-corrected chi connectivity index (χ0v) is 17.7. The summed E-state index contributed by atoms with van der Waals surface area (Å²) in [4.78, 5) is 33.3. The van der Waals surface area contributed by atoms with Crippen molar-refractivity contribution in [1.29, 1.82) is 0 Å². The average Bonchev–Trinajstić information content (AvgIpc) is 3.24. The Labute approximate surface area is 179 Å². The van der Waals surface area contributed by atoms with Crippen LogP contribution in [-0.2, 0) is 22.7 Å². The second-order valence-corrected chi connectivity index (χ2v) is 7.95. The summed E-state index contributed by atoms with van der Waals surface area (Å²) in [6.45, 7) is 4.17. The Hall–Kier alpha value is -3.26.